The number of nitrogens with one attached hydrogen (secondary N) is 2. The number of rotatable bonds is 7. The van der Waals surface area contributed by atoms with E-state index < -0.39 is 10.0 Å². The monoisotopic (exact) mass is 296 g/mol. The van der Waals surface area contributed by atoms with Crippen LogP contribution >= 0.6 is 0 Å². The van der Waals surface area contributed by atoms with Gasteiger partial charge in [-0.3, -0.25) is 0 Å². The van der Waals surface area contributed by atoms with Crippen molar-refractivity contribution in [2.75, 3.05) is 7.05 Å². The molecule has 108 valence electrons. The van der Waals surface area contributed by atoms with Crippen LogP contribution in [-0.4, -0.2) is 25.6 Å². The highest BCUT2D eigenvalue weighted by molar-refractivity contribution is 7.88. The fraction of sp³-hybridized carbons (Fsp3) is 0.333. The first-order chi connectivity index (χ1) is 9.59. The van der Waals surface area contributed by atoms with Gasteiger partial charge in [-0.1, -0.05) is 29.4 Å². The first kappa shape index (κ1) is 14.6. The number of hydrogen-bond donors (Lipinski definition) is 2. The van der Waals surface area contributed by atoms with E-state index >= 15 is 0 Å². The van der Waals surface area contributed by atoms with Crippen molar-refractivity contribution in [2.24, 2.45) is 0 Å². The zero-order valence-corrected chi connectivity index (χ0v) is 11.9. The Morgan fingerprint density at radius 2 is 1.85 bits per heavy atom. The Morgan fingerprint density at radius 1 is 1.15 bits per heavy atom. The van der Waals surface area contributed by atoms with E-state index in [1.165, 1.54) is 0 Å². The van der Waals surface area contributed by atoms with E-state index in [0.29, 0.717) is 5.82 Å². The maximum atomic E-state index is 11.9. The van der Waals surface area contributed by atoms with E-state index in [2.05, 4.69) is 24.7 Å². The zero-order valence-electron chi connectivity index (χ0n) is 11.0. The van der Waals surface area contributed by atoms with Gasteiger partial charge in [0.2, 0.25) is 16.4 Å². The van der Waals surface area contributed by atoms with E-state index in [9.17, 15) is 8.42 Å². The summed E-state index contributed by atoms with van der Waals surface area (Å²) in [6.45, 7) is 0.778. The number of aromatic nitrogens is 2. The number of sulfonamides is 1. The molecule has 7 nitrogen and oxygen atoms in total. The normalized spacial score (nSPS) is 11.7. The molecule has 0 bridgehead atoms. The molecule has 0 aliphatic heterocycles. The first-order valence-electron chi connectivity index (χ1n) is 6.04. The van der Waals surface area contributed by atoms with E-state index in [4.69, 9.17) is 0 Å². The maximum Gasteiger partial charge on any atom is 0.216 e. The van der Waals surface area contributed by atoms with Gasteiger partial charge in [0, 0.05) is 6.54 Å². The lowest BCUT2D eigenvalue weighted by Gasteiger charge is -2.06. The topological polar surface area (TPSA) is 97.1 Å². The summed E-state index contributed by atoms with van der Waals surface area (Å²) in [5.41, 5.74) is 1.83. The second-order valence-corrected chi connectivity index (χ2v) is 6.08. The largest absolute Gasteiger partial charge is 0.343 e. The summed E-state index contributed by atoms with van der Waals surface area (Å²) in [5.74, 6) is 0.225. The molecule has 0 saturated carbocycles. The molecule has 0 amide bonds. The molecule has 0 spiro atoms. The molecular weight excluding hydrogens is 280 g/mol. The van der Waals surface area contributed by atoms with Crippen LogP contribution in [0.5, 0.6) is 0 Å². The van der Waals surface area contributed by atoms with Crippen LogP contribution in [0.2, 0.25) is 0 Å². The molecule has 1 aromatic carbocycles. The maximum absolute atomic E-state index is 11.9. The molecule has 0 atom stereocenters. The quantitative estimate of drug-likeness (QED) is 0.768. The van der Waals surface area contributed by atoms with Crippen LogP contribution in [0.15, 0.2) is 35.2 Å². The van der Waals surface area contributed by atoms with Crippen LogP contribution in [0.3, 0.4) is 0 Å². The minimum absolute atomic E-state index is 0.0245. The minimum Gasteiger partial charge on any atom is -0.343 e. The highest BCUT2D eigenvalue weighted by Crippen LogP contribution is 2.08. The molecule has 2 rings (SSSR count). The highest BCUT2D eigenvalue weighted by atomic mass is 32.2. The second-order valence-electron chi connectivity index (χ2n) is 4.27. The molecule has 0 aliphatic carbocycles. The zero-order chi connectivity index (χ0) is 14.4. The van der Waals surface area contributed by atoms with Crippen molar-refractivity contribution >= 4 is 10.0 Å². The Kier molecular flexibility index (Phi) is 4.83. The van der Waals surface area contributed by atoms with Crippen molar-refractivity contribution in [1.82, 2.24) is 20.2 Å². The van der Waals surface area contributed by atoms with Crippen LogP contribution in [0.4, 0.5) is 0 Å². The molecular formula is C12H16N4O3S. The Hall–Kier alpha value is -1.77. The average Bonchev–Trinajstić information content (AvgIpc) is 2.92. The van der Waals surface area contributed by atoms with Crippen LogP contribution < -0.4 is 10.0 Å². The Morgan fingerprint density at radius 3 is 2.45 bits per heavy atom. The molecule has 0 radical (unpaired) electrons. The van der Waals surface area contributed by atoms with Gasteiger partial charge in [0.15, 0.2) is 5.82 Å². The predicted molar refractivity (Wildman–Crippen MR) is 73.0 cm³/mol. The van der Waals surface area contributed by atoms with E-state index in [0.717, 1.165) is 24.1 Å². The Bertz CT molecular complexity index is 623. The van der Waals surface area contributed by atoms with Crippen LogP contribution in [0, 0.1) is 0 Å². The van der Waals surface area contributed by atoms with Crippen molar-refractivity contribution in [1.29, 1.82) is 0 Å². The second kappa shape index (κ2) is 6.60. The molecule has 0 saturated heterocycles. The third-order valence-corrected chi connectivity index (χ3v) is 3.92. The average molecular weight is 296 g/mol. The van der Waals surface area contributed by atoms with Crippen molar-refractivity contribution in [3.05, 3.63) is 47.6 Å². The molecule has 0 fully saturated rings. The number of hydrogen-bond acceptors (Lipinski definition) is 6. The van der Waals surface area contributed by atoms with E-state index in [-0.39, 0.29) is 12.3 Å². The lowest BCUT2D eigenvalue weighted by atomic mass is 10.1. The van der Waals surface area contributed by atoms with Gasteiger partial charge in [-0.25, -0.2) is 13.1 Å². The van der Waals surface area contributed by atoms with Gasteiger partial charge in [-0.15, -0.1) is 0 Å². The molecule has 1 heterocycles. The lowest BCUT2D eigenvalue weighted by molar-refractivity contribution is 0.409. The fourth-order valence-corrected chi connectivity index (χ4v) is 2.76. The molecule has 20 heavy (non-hydrogen) atoms. The summed E-state index contributed by atoms with van der Waals surface area (Å²) in [6.07, 6.45) is 1.16. The summed E-state index contributed by atoms with van der Waals surface area (Å²) >= 11 is 0. The van der Waals surface area contributed by atoms with E-state index in [1.807, 2.05) is 19.2 Å². The Balaban J connectivity index is 1.93. The third-order valence-electron chi connectivity index (χ3n) is 2.62. The summed E-state index contributed by atoms with van der Waals surface area (Å²) < 4.78 is 30.7. The van der Waals surface area contributed by atoms with Crippen LogP contribution in [0.1, 0.15) is 17.0 Å². The lowest BCUT2D eigenvalue weighted by Crippen LogP contribution is -2.25. The van der Waals surface area contributed by atoms with Crippen molar-refractivity contribution in [3.8, 4) is 0 Å². The van der Waals surface area contributed by atoms with Gasteiger partial charge in [0.25, 0.3) is 0 Å². The highest BCUT2D eigenvalue weighted by Gasteiger charge is 2.12. The van der Waals surface area contributed by atoms with Gasteiger partial charge < -0.3 is 9.84 Å². The van der Waals surface area contributed by atoms with E-state index in [1.54, 1.807) is 12.1 Å². The van der Waals surface area contributed by atoms with Gasteiger partial charge >= 0.3 is 0 Å². The summed E-state index contributed by atoms with van der Waals surface area (Å²) in [6, 6.07) is 7.42. The SMILES string of the molecule is CNCc1ccc(CS(=O)(=O)NCc2ncon2)cc1. The van der Waals surface area contributed by atoms with Crippen molar-refractivity contribution < 1.29 is 12.9 Å². The Labute approximate surface area is 117 Å². The van der Waals surface area contributed by atoms with Crippen LogP contribution in [0.25, 0.3) is 0 Å². The standard InChI is InChI=1S/C12H16N4O3S/c1-13-6-10-2-4-11(5-3-10)8-20(17,18)15-7-12-14-9-19-16-12/h2-5,9,13,15H,6-8H2,1H3. The molecule has 2 aromatic rings. The molecule has 0 unspecified atom stereocenters. The van der Waals surface area contributed by atoms with Gasteiger partial charge in [0.1, 0.15) is 0 Å². The van der Waals surface area contributed by atoms with Gasteiger partial charge in [-0.05, 0) is 18.2 Å². The minimum atomic E-state index is -3.42. The number of nitrogens with zero attached hydrogens (tertiary/aromatic N) is 2. The fourth-order valence-electron chi connectivity index (χ4n) is 1.67. The van der Waals surface area contributed by atoms with Crippen molar-refractivity contribution in [3.63, 3.8) is 0 Å². The van der Waals surface area contributed by atoms with Crippen LogP contribution in [-0.2, 0) is 28.9 Å². The molecule has 8 heteroatoms. The third kappa shape index (κ3) is 4.41. The summed E-state index contributed by atoms with van der Waals surface area (Å²) in [7, 11) is -1.56. The molecule has 0 aliphatic rings. The van der Waals surface area contributed by atoms with Gasteiger partial charge in [-0.2, -0.15) is 4.98 Å². The van der Waals surface area contributed by atoms with Gasteiger partial charge in [0.05, 0.1) is 12.3 Å². The molecule has 2 N–H and O–H groups in total. The summed E-state index contributed by atoms with van der Waals surface area (Å²) in [4.78, 5) is 3.75. The molecule has 1 aromatic heterocycles. The van der Waals surface area contributed by atoms with Crippen molar-refractivity contribution in [2.45, 2.75) is 18.8 Å². The number of benzene rings is 1. The predicted octanol–water partition coefficient (Wildman–Crippen LogP) is 0.409. The summed E-state index contributed by atoms with van der Waals surface area (Å²) in [5, 5.41) is 6.57. The first-order valence-corrected chi connectivity index (χ1v) is 7.69. The smallest absolute Gasteiger partial charge is 0.216 e.